The summed E-state index contributed by atoms with van der Waals surface area (Å²) in [7, 11) is 0. The third-order valence-corrected chi connectivity index (χ3v) is 5.79. The van der Waals surface area contributed by atoms with Crippen LogP contribution in [0.5, 0.6) is 0 Å². The molecule has 7 heteroatoms. The first-order valence-electron chi connectivity index (χ1n) is 10.1. The maximum absolute atomic E-state index is 6.01. The lowest BCUT2D eigenvalue weighted by atomic mass is 10.2. The second-order valence-corrected chi connectivity index (χ2v) is 8.74. The molecule has 1 aromatic heterocycles. The summed E-state index contributed by atoms with van der Waals surface area (Å²) < 4.78 is 8.09. The zero-order chi connectivity index (χ0) is 19.5. The average Bonchev–Trinajstić information content (AvgIpc) is 3.11. The van der Waals surface area contributed by atoms with E-state index < -0.39 is 0 Å². The van der Waals surface area contributed by atoms with Gasteiger partial charge in [0.2, 0.25) is 0 Å². The van der Waals surface area contributed by atoms with Crippen LogP contribution in [-0.2, 0) is 6.54 Å². The van der Waals surface area contributed by atoms with E-state index in [2.05, 4.69) is 68.1 Å². The number of nitrogens with zero attached hydrogens (tertiary/aromatic N) is 1. The highest BCUT2D eigenvalue weighted by molar-refractivity contribution is 9.11. The highest BCUT2D eigenvalue weighted by Crippen LogP contribution is 2.31. The molecule has 2 aromatic rings. The molecule has 0 atom stereocenters. The lowest BCUT2D eigenvalue weighted by Gasteiger charge is -2.21. The van der Waals surface area contributed by atoms with E-state index in [0.29, 0.717) is 0 Å². The van der Waals surface area contributed by atoms with Crippen LogP contribution < -0.4 is 5.32 Å². The van der Waals surface area contributed by atoms with Crippen molar-refractivity contribution in [2.45, 2.75) is 52.5 Å². The smallest absolute Gasteiger partial charge is 0.135 e. The third kappa shape index (κ3) is 10.7. The quantitative estimate of drug-likeness (QED) is 0.249. The first-order valence-corrected chi connectivity index (χ1v) is 11.7. The van der Waals surface area contributed by atoms with E-state index in [9.17, 15) is 0 Å². The zero-order valence-electron chi connectivity index (χ0n) is 17.4. The molecule has 1 heterocycles. The number of unbranched alkanes of at least 4 members (excludes halogenated alkanes) is 2. The molecular formula is C22H34Br2Cl2N2O. The van der Waals surface area contributed by atoms with E-state index in [4.69, 9.17) is 4.42 Å². The van der Waals surface area contributed by atoms with Crippen LogP contribution in [0, 0.1) is 0 Å². The number of furan rings is 1. The number of benzene rings is 1. The van der Waals surface area contributed by atoms with E-state index in [1.165, 1.54) is 51.7 Å². The molecule has 166 valence electrons. The van der Waals surface area contributed by atoms with Gasteiger partial charge in [0.1, 0.15) is 11.5 Å². The van der Waals surface area contributed by atoms with Crippen LogP contribution in [0.25, 0.3) is 11.3 Å². The van der Waals surface area contributed by atoms with Gasteiger partial charge in [0.25, 0.3) is 0 Å². The van der Waals surface area contributed by atoms with Crippen LogP contribution in [-0.4, -0.2) is 31.1 Å². The van der Waals surface area contributed by atoms with Crippen molar-refractivity contribution < 1.29 is 4.42 Å². The van der Waals surface area contributed by atoms with Gasteiger partial charge in [-0.1, -0.05) is 42.6 Å². The van der Waals surface area contributed by atoms with Crippen molar-refractivity contribution in [3.05, 3.63) is 45.0 Å². The monoisotopic (exact) mass is 570 g/mol. The van der Waals surface area contributed by atoms with E-state index in [0.717, 1.165) is 39.1 Å². The van der Waals surface area contributed by atoms with Crippen molar-refractivity contribution in [3.8, 4) is 11.3 Å². The molecule has 0 aliphatic heterocycles. The minimum absolute atomic E-state index is 0. The van der Waals surface area contributed by atoms with Gasteiger partial charge in [-0.3, -0.25) is 0 Å². The predicted molar refractivity (Wildman–Crippen MR) is 137 cm³/mol. The van der Waals surface area contributed by atoms with E-state index in [1.54, 1.807) is 0 Å². The molecule has 0 fully saturated rings. The Morgan fingerprint density at radius 1 is 0.897 bits per heavy atom. The van der Waals surface area contributed by atoms with Crippen molar-refractivity contribution in [2.24, 2.45) is 0 Å². The molecule has 2 rings (SSSR count). The minimum atomic E-state index is 0. The van der Waals surface area contributed by atoms with E-state index in [-0.39, 0.29) is 24.8 Å². The van der Waals surface area contributed by atoms with Crippen LogP contribution in [0.4, 0.5) is 0 Å². The standard InChI is InChI=1S/C22H32Br2N2O.2ClH/c1-3-5-13-26(14-6-4-2)15-7-12-25-17-19-9-11-22(27-19)20-10-8-18(23)16-21(20)24;;/h8-11,16,25H,3-7,12-15,17H2,1-2H3;2*1H. The van der Waals surface area contributed by atoms with Crippen molar-refractivity contribution in [1.82, 2.24) is 10.2 Å². The molecule has 0 saturated carbocycles. The second-order valence-electron chi connectivity index (χ2n) is 6.97. The summed E-state index contributed by atoms with van der Waals surface area (Å²) in [6.45, 7) is 9.99. The lowest BCUT2D eigenvalue weighted by Crippen LogP contribution is -2.29. The summed E-state index contributed by atoms with van der Waals surface area (Å²) in [6, 6.07) is 10.2. The molecule has 0 aliphatic carbocycles. The van der Waals surface area contributed by atoms with Gasteiger partial charge in [-0.15, -0.1) is 24.8 Å². The summed E-state index contributed by atoms with van der Waals surface area (Å²) >= 11 is 7.09. The van der Waals surface area contributed by atoms with Gasteiger partial charge in [0, 0.05) is 14.5 Å². The molecule has 1 N–H and O–H groups in total. The second kappa shape index (κ2) is 16.6. The SMILES string of the molecule is CCCCN(CCCC)CCCNCc1ccc(-c2ccc(Br)cc2Br)o1.Cl.Cl. The third-order valence-electron chi connectivity index (χ3n) is 4.64. The molecule has 0 unspecified atom stereocenters. The Hall–Kier alpha value is -0.0400. The minimum Gasteiger partial charge on any atom is -0.460 e. The molecule has 0 bridgehead atoms. The van der Waals surface area contributed by atoms with Crippen molar-refractivity contribution in [2.75, 3.05) is 26.2 Å². The summed E-state index contributed by atoms with van der Waals surface area (Å²) in [5.74, 6) is 1.88. The van der Waals surface area contributed by atoms with Crippen LogP contribution >= 0.6 is 56.7 Å². The Morgan fingerprint density at radius 2 is 1.55 bits per heavy atom. The molecule has 29 heavy (non-hydrogen) atoms. The largest absolute Gasteiger partial charge is 0.460 e. The Bertz CT molecular complexity index is 675. The fourth-order valence-electron chi connectivity index (χ4n) is 3.05. The molecule has 0 spiro atoms. The molecule has 0 amide bonds. The fourth-order valence-corrected chi connectivity index (χ4v) is 4.29. The Morgan fingerprint density at radius 3 is 2.17 bits per heavy atom. The van der Waals surface area contributed by atoms with Crippen molar-refractivity contribution in [1.29, 1.82) is 0 Å². The van der Waals surface area contributed by atoms with Gasteiger partial charge in [0.05, 0.1) is 6.54 Å². The predicted octanol–water partition coefficient (Wildman–Crippen LogP) is 7.70. The van der Waals surface area contributed by atoms with Gasteiger partial charge in [-0.2, -0.15) is 0 Å². The number of hydrogen-bond acceptors (Lipinski definition) is 3. The van der Waals surface area contributed by atoms with Gasteiger partial charge in [-0.25, -0.2) is 0 Å². The highest BCUT2D eigenvalue weighted by atomic mass is 79.9. The van der Waals surface area contributed by atoms with Crippen LogP contribution in [0.2, 0.25) is 0 Å². The van der Waals surface area contributed by atoms with Crippen LogP contribution in [0.3, 0.4) is 0 Å². The topological polar surface area (TPSA) is 28.4 Å². The summed E-state index contributed by atoms with van der Waals surface area (Å²) in [6.07, 6.45) is 6.33. The Kier molecular flexibility index (Phi) is 16.6. The van der Waals surface area contributed by atoms with Gasteiger partial charge >= 0.3 is 0 Å². The normalized spacial score (nSPS) is 10.7. The number of hydrogen-bond donors (Lipinski definition) is 1. The first kappa shape index (κ1) is 29.0. The summed E-state index contributed by atoms with van der Waals surface area (Å²) in [5, 5.41) is 3.52. The lowest BCUT2D eigenvalue weighted by molar-refractivity contribution is 0.260. The zero-order valence-corrected chi connectivity index (χ0v) is 22.2. The molecule has 0 aliphatic rings. The fraction of sp³-hybridized carbons (Fsp3) is 0.545. The van der Waals surface area contributed by atoms with E-state index in [1.807, 2.05) is 18.2 Å². The molecule has 0 radical (unpaired) electrons. The van der Waals surface area contributed by atoms with E-state index >= 15 is 0 Å². The maximum atomic E-state index is 6.01. The van der Waals surface area contributed by atoms with Crippen LogP contribution in [0.1, 0.15) is 51.7 Å². The number of halogens is 4. The van der Waals surface area contributed by atoms with Gasteiger partial charge < -0.3 is 14.6 Å². The van der Waals surface area contributed by atoms with Gasteiger partial charge in [-0.05, 0) is 91.7 Å². The summed E-state index contributed by atoms with van der Waals surface area (Å²) in [5.41, 5.74) is 1.08. The molecule has 3 nitrogen and oxygen atoms in total. The number of rotatable bonds is 13. The van der Waals surface area contributed by atoms with Gasteiger partial charge in [0.15, 0.2) is 0 Å². The Labute approximate surface area is 205 Å². The van der Waals surface area contributed by atoms with Crippen LogP contribution in [0.15, 0.2) is 43.7 Å². The first-order chi connectivity index (χ1) is 13.1. The molecular weight excluding hydrogens is 539 g/mol. The molecule has 1 aromatic carbocycles. The maximum Gasteiger partial charge on any atom is 0.135 e. The van der Waals surface area contributed by atoms with Crippen molar-refractivity contribution >= 4 is 56.7 Å². The number of nitrogens with one attached hydrogen (secondary N) is 1. The van der Waals surface area contributed by atoms with Crippen molar-refractivity contribution in [3.63, 3.8) is 0 Å². The Balaban J connectivity index is 0.00000392. The molecule has 0 saturated heterocycles. The highest BCUT2D eigenvalue weighted by Gasteiger charge is 2.09. The average molecular weight is 573 g/mol. The summed E-state index contributed by atoms with van der Waals surface area (Å²) in [4.78, 5) is 2.62.